The first-order chi connectivity index (χ1) is 8.28. The molecule has 1 N–H and O–H groups in total. The molecule has 6 nitrogen and oxygen atoms in total. The van der Waals surface area contributed by atoms with Gasteiger partial charge in [0, 0.05) is 11.5 Å². The van der Waals surface area contributed by atoms with Crippen LogP contribution in [0.2, 0.25) is 5.15 Å². The van der Waals surface area contributed by atoms with Crippen LogP contribution in [0.1, 0.15) is 45.4 Å². The average Bonchev–Trinajstić information content (AvgIpc) is 2.95. The molecule has 18 heavy (non-hydrogen) atoms. The first-order valence-electron chi connectivity index (χ1n) is 5.78. The molecule has 0 spiro atoms. The highest BCUT2D eigenvalue weighted by atomic mass is 35.5. The van der Waals surface area contributed by atoms with Crippen molar-refractivity contribution in [2.24, 2.45) is 0 Å². The van der Waals surface area contributed by atoms with Crippen molar-refractivity contribution in [2.75, 3.05) is 5.32 Å². The topological polar surface area (TPSA) is 81.0 Å². The van der Waals surface area contributed by atoms with E-state index in [2.05, 4.69) is 15.3 Å². The summed E-state index contributed by atoms with van der Waals surface area (Å²) in [5.41, 5.74) is -0.584. The van der Waals surface area contributed by atoms with Crippen LogP contribution in [0, 0.1) is 10.1 Å². The van der Waals surface area contributed by atoms with Crippen LogP contribution >= 0.6 is 11.6 Å². The van der Waals surface area contributed by atoms with Crippen molar-refractivity contribution in [3.05, 3.63) is 21.1 Å². The summed E-state index contributed by atoms with van der Waals surface area (Å²) in [7, 11) is 0. The minimum absolute atomic E-state index is 0.0938. The molecule has 0 radical (unpaired) electrons. The first kappa shape index (κ1) is 13.0. The number of nitro groups is 1. The molecule has 1 aliphatic carbocycles. The van der Waals surface area contributed by atoms with Crippen LogP contribution in [0.3, 0.4) is 0 Å². The maximum Gasteiger partial charge on any atom is 0.348 e. The van der Waals surface area contributed by atoms with Gasteiger partial charge in [0.2, 0.25) is 11.0 Å². The third-order valence-corrected chi connectivity index (χ3v) is 2.74. The zero-order chi connectivity index (χ0) is 13.5. The van der Waals surface area contributed by atoms with Gasteiger partial charge in [0.15, 0.2) is 0 Å². The highest BCUT2D eigenvalue weighted by Gasteiger charge is 2.32. The van der Waals surface area contributed by atoms with E-state index in [4.69, 9.17) is 11.6 Å². The van der Waals surface area contributed by atoms with Gasteiger partial charge in [0.1, 0.15) is 5.82 Å². The van der Waals surface area contributed by atoms with Crippen LogP contribution in [-0.4, -0.2) is 20.4 Å². The molecule has 1 saturated carbocycles. The lowest BCUT2D eigenvalue weighted by Crippen LogP contribution is -2.27. The van der Waals surface area contributed by atoms with E-state index in [-0.39, 0.29) is 22.2 Å². The Hall–Kier alpha value is -1.43. The summed E-state index contributed by atoms with van der Waals surface area (Å²) >= 11 is 5.90. The van der Waals surface area contributed by atoms with Crippen molar-refractivity contribution in [2.45, 2.75) is 45.1 Å². The van der Waals surface area contributed by atoms with Crippen LogP contribution in [0.25, 0.3) is 0 Å². The van der Waals surface area contributed by atoms with E-state index in [1.54, 1.807) is 0 Å². The van der Waals surface area contributed by atoms with Crippen LogP contribution in [-0.2, 0) is 0 Å². The Morgan fingerprint density at radius 3 is 2.44 bits per heavy atom. The molecule has 0 saturated heterocycles. The summed E-state index contributed by atoms with van der Waals surface area (Å²) in [6.45, 7) is 5.72. The lowest BCUT2D eigenvalue weighted by Gasteiger charge is -2.21. The number of rotatable bonds is 3. The number of hydrogen-bond donors (Lipinski definition) is 1. The van der Waals surface area contributed by atoms with E-state index < -0.39 is 4.92 Å². The van der Waals surface area contributed by atoms with Crippen molar-refractivity contribution in [3.63, 3.8) is 0 Å². The number of nitrogens with zero attached hydrogens (tertiary/aromatic N) is 3. The monoisotopic (exact) mass is 270 g/mol. The maximum atomic E-state index is 11.0. The summed E-state index contributed by atoms with van der Waals surface area (Å²) in [6, 6.07) is 0. The predicted molar refractivity (Wildman–Crippen MR) is 69.0 cm³/mol. The number of aromatic nitrogens is 2. The van der Waals surface area contributed by atoms with Gasteiger partial charge in [-0.25, -0.2) is 9.97 Å². The lowest BCUT2D eigenvalue weighted by molar-refractivity contribution is -0.384. The number of halogens is 1. The van der Waals surface area contributed by atoms with Crippen molar-refractivity contribution >= 4 is 23.1 Å². The zero-order valence-corrected chi connectivity index (χ0v) is 11.3. The lowest BCUT2D eigenvalue weighted by atomic mass is 10.1. The minimum atomic E-state index is -0.549. The van der Waals surface area contributed by atoms with E-state index in [1.165, 1.54) is 0 Å². The fourth-order valence-electron chi connectivity index (χ4n) is 1.57. The number of anilines is 1. The van der Waals surface area contributed by atoms with Gasteiger partial charge in [0.05, 0.1) is 4.92 Å². The molecule has 0 aromatic carbocycles. The molecule has 1 fully saturated rings. The van der Waals surface area contributed by atoms with E-state index >= 15 is 0 Å². The molecule has 0 atom stereocenters. The second-order valence-corrected chi connectivity index (χ2v) is 5.83. The molecule has 2 rings (SSSR count). The molecule has 7 heteroatoms. The van der Waals surface area contributed by atoms with Gasteiger partial charge < -0.3 is 5.32 Å². The quantitative estimate of drug-likeness (QED) is 0.518. The van der Waals surface area contributed by atoms with E-state index in [0.717, 1.165) is 12.8 Å². The Bertz CT molecular complexity index is 495. The smallest absolute Gasteiger partial charge is 0.348 e. The second-order valence-electron chi connectivity index (χ2n) is 5.48. The Balaban J connectivity index is 2.47. The third-order valence-electron chi connectivity index (χ3n) is 2.48. The van der Waals surface area contributed by atoms with Gasteiger partial charge >= 0.3 is 5.69 Å². The van der Waals surface area contributed by atoms with Crippen LogP contribution in [0.15, 0.2) is 0 Å². The van der Waals surface area contributed by atoms with E-state index in [1.807, 2.05) is 20.8 Å². The fourth-order valence-corrected chi connectivity index (χ4v) is 1.82. The Kier molecular flexibility index (Phi) is 3.14. The Morgan fingerprint density at radius 1 is 1.39 bits per heavy atom. The van der Waals surface area contributed by atoms with Gasteiger partial charge in [-0.3, -0.25) is 10.1 Å². The highest BCUT2D eigenvalue weighted by molar-refractivity contribution is 6.31. The molecule has 1 aromatic rings. The summed E-state index contributed by atoms with van der Waals surface area (Å²) in [6.07, 6.45) is 2.03. The summed E-state index contributed by atoms with van der Waals surface area (Å²) in [4.78, 5) is 18.8. The molecule has 1 aromatic heterocycles. The SMILES string of the molecule is CC(C)(C)Nc1nc(C2CC2)nc(Cl)c1[N+](=O)[O-]. The van der Waals surface area contributed by atoms with Gasteiger partial charge in [0.25, 0.3) is 0 Å². The summed E-state index contributed by atoms with van der Waals surface area (Å²) < 4.78 is 0. The minimum Gasteiger partial charge on any atom is -0.360 e. The highest BCUT2D eigenvalue weighted by Crippen LogP contribution is 2.41. The second kappa shape index (κ2) is 4.35. The molecular weight excluding hydrogens is 256 g/mol. The Morgan fingerprint density at radius 2 is 2.00 bits per heavy atom. The molecule has 0 amide bonds. The molecule has 0 bridgehead atoms. The van der Waals surface area contributed by atoms with Crippen molar-refractivity contribution in [3.8, 4) is 0 Å². The third kappa shape index (κ3) is 2.87. The van der Waals surface area contributed by atoms with E-state index in [9.17, 15) is 10.1 Å². The van der Waals surface area contributed by atoms with Gasteiger partial charge in [-0.05, 0) is 33.6 Å². The maximum absolute atomic E-state index is 11.0. The van der Waals surface area contributed by atoms with Crippen molar-refractivity contribution < 1.29 is 4.92 Å². The Labute approximate surface area is 110 Å². The van der Waals surface area contributed by atoms with Crippen LogP contribution in [0.5, 0.6) is 0 Å². The molecular formula is C11H15ClN4O2. The molecule has 0 unspecified atom stereocenters. The average molecular weight is 271 g/mol. The summed E-state index contributed by atoms with van der Waals surface area (Å²) in [5, 5.41) is 14.0. The number of nitrogens with one attached hydrogen (secondary N) is 1. The van der Waals surface area contributed by atoms with Crippen molar-refractivity contribution in [1.29, 1.82) is 0 Å². The van der Waals surface area contributed by atoms with Crippen LogP contribution < -0.4 is 5.32 Å². The zero-order valence-electron chi connectivity index (χ0n) is 10.5. The van der Waals surface area contributed by atoms with Gasteiger partial charge in [-0.1, -0.05) is 11.6 Å². The van der Waals surface area contributed by atoms with Crippen molar-refractivity contribution in [1.82, 2.24) is 9.97 Å². The summed E-state index contributed by atoms with van der Waals surface area (Å²) in [5.74, 6) is 1.09. The van der Waals surface area contributed by atoms with Gasteiger partial charge in [-0.15, -0.1) is 0 Å². The largest absolute Gasteiger partial charge is 0.360 e. The standard InChI is InChI=1S/C11H15ClN4O2/c1-11(2,3)15-10-7(16(17)18)8(12)13-9(14-10)6-4-5-6/h6H,4-5H2,1-3H3,(H,13,14,15). The van der Waals surface area contributed by atoms with Gasteiger partial charge in [-0.2, -0.15) is 0 Å². The molecule has 0 aliphatic heterocycles. The number of hydrogen-bond acceptors (Lipinski definition) is 5. The van der Waals surface area contributed by atoms with E-state index in [0.29, 0.717) is 11.7 Å². The normalized spacial score (nSPS) is 15.6. The molecule has 1 heterocycles. The fraction of sp³-hybridized carbons (Fsp3) is 0.636. The molecule has 1 aliphatic rings. The van der Waals surface area contributed by atoms with Crippen LogP contribution in [0.4, 0.5) is 11.5 Å². The molecule has 98 valence electrons. The predicted octanol–water partition coefficient (Wildman–Crippen LogP) is 3.13. The first-order valence-corrected chi connectivity index (χ1v) is 6.16.